The summed E-state index contributed by atoms with van der Waals surface area (Å²) in [4.78, 5) is 21.8. The maximum Gasteiger partial charge on any atom is 0.345 e. The van der Waals surface area contributed by atoms with Gasteiger partial charge in [0.2, 0.25) is 5.91 Å². The lowest BCUT2D eigenvalue weighted by Crippen LogP contribution is -2.27. The van der Waals surface area contributed by atoms with Gasteiger partial charge in [0.05, 0.1) is 0 Å². The van der Waals surface area contributed by atoms with E-state index in [4.69, 9.17) is 5.21 Å². The second kappa shape index (κ2) is 5.13. The minimum atomic E-state index is -0.632. The van der Waals surface area contributed by atoms with E-state index in [2.05, 4.69) is 10.6 Å². The first-order valence-corrected chi connectivity index (χ1v) is 4.60. The molecular formula is C10H13N3O3. The molecule has 0 aliphatic heterocycles. The highest BCUT2D eigenvalue weighted by Gasteiger charge is 2.05. The number of hydroxylamine groups is 2. The molecule has 0 saturated heterocycles. The maximum absolute atomic E-state index is 11.1. The normalized spacial score (nSPS) is 9.44. The fourth-order valence-electron chi connectivity index (χ4n) is 1.04. The number of benzene rings is 1. The third kappa shape index (κ3) is 3.58. The van der Waals surface area contributed by atoms with Gasteiger partial charge >= 0.3 is 6.03 Å². The van der Waals surface area contributed by atoms with E-state index in [1.807, 2.05) is 0 Å². The van der Waals surface area contributed by atoms with Crippen molar-refractivity contribution in [1.82, 2.24) is 5.06 Å². The van der Waals surface area contributed by atoms with E-state index in [-0.39, 0.29) is 5.91 Å². The molecule has 0 aliphatic carbocycles. The smallest absolute Gasteiger partial charge is 0.326 e. The highest BCUT2D eigenvalue weighted by molar-refractivity contribution is 5.90. The Morgan fingerprint density at radius 3 is 1.94 bits per heavy atom. The quantitative estimate of drug-likeness (QED) is 0.525. The first kappa shape index (κ1) is 12.0. The van der Waals surface area contributed by atoms with Crippen molar-refractivity contribution in [1.29, 1.82) is 0 Å². The van der Waals surface area contributed by atoms with Gasteiger partial charge in [-0.25, -0.2) is 9.86 Å². The number of carbonyl (C=O) groups is 2. The lowest BCUT2D eigenvalue weighted by atomic mass is 10.3. The Hall–Kier alpha value is -2.08. The van der Waals surface area contributed by atoms with E-state index in [0.717, 1.165) is 0 Å². The first-order valence-electron chi connectivity index (χ1n) is 4.60. The summed E-state index contributed by atoms with van der Waals surface area (Å²) in [5.74, 6) is -0.160. The van der Waals surface area contributed by atoms with E-state index < -0.39 is 6.03 Å². The molecule has 6 heteroatoms. The van der Waals surface area contributed by atoms with Crippen LogP contribution in [0.3, 0.4) is 0 Å². The van der Waals surface area contributed by atoms with Crippen LogP contribution >= 0.6 is 0 Å². The average molecular weight is 223 g/mol. The van der Waals surface area contributed by atoms with Crippen molar-refractivity contribution in [2.24, 2.45) is 0 Å². The van der Waals surface area contributed by atoms with Gasteiger partial charge in [-0.05, 0) is 24.3 Å². The van der Waals surface area contributed by atoms with Crippen LogP contribution in [0, 0.1) is 0 Å². The highest BCUT2D eigenvalue weighted by atomic mass is 16.5. The van der Waals surface area contributed by atoms with Crippen LogP contribution in [0.1, 0.15) is 6.92 Å². The van der Waals surface area contributed by atoms with E-state index >= 15 is 0 Å². The number of carbonyl (C=O) groups excluding carboxylic acids is 2. The summed E-state index contributed by atoms with van der Waals surface area (Å²) in [5.41, 5.74) is 1.17. The Morgan fingerprint density at radius 2 is 1.56 bits per heavy atom. The summed E-state index contributed by atoms with van der Waals surface area (Å²) < 4.78 is 0. The predicted molar refractivity (Wildman–Crippen MR) is 59.3 cm³/mol. The lowest BCUT2D eigenvalue weighted by Gasteiger charge is -2.10. The molecule has 1 aromatic rings. The minimum Gasteiger partial charge on any atom is -0.326 e. The Labute approximate surface area is 92.8 Å². The minimum absolute atomic E-state index is 0.160. The molecule has 0 fully saturated rings. The standard InChI is InChI=1S/C10H13N3O3/c1-7(14)11-8-3-5-9(6-4-8)12-10(15)13(2)16/h3-6,16H,1-2H3,(H,11,14)(H,12,15). The fraction of sp³-hybridized carbons (Fsp3) is 0.200. The molecule has 0 bridgehead atoms. The fourth-order valence-corrected chi connectivity index (χ4v) is 1.04. The molecule has 3 N–H and O–H groups in total. The number of urea groups is 1. The second-order valence-electron chi connectivity index (χ2n) is 3.21. The number of nitrogens with zero attached hydrogens (tertiary/aromatic N) is 1. The molecule has 3 amide bonds. The zero-order chi connectivity index (χ0) is 12.1. The van der Waals surface area contributed by atoms with E-state index in [9.17, 15) is 9.59 Å². The molecule has 0 aromatic heterocycles. The molecule has 0 aliphatic rings. The van der Waals surface area contributed by atoms with Crippen LogP contribution in [0.5, 0.6) is 0 Å². The molecule has 16 heavy (non-hydrogen) atoms. The van der Waals surface area contributed by atoms with E-state index in [0.29, 0.717) is 16.4 Å². The zero-order valence-corrected chi connectivity index (χ0v) is 9.02. The molecular weight excluding hydrogens is 210 g/mol. The molecule has 0 atom stereocenters. The van der Waals surface area contributed by atoms with Gasteiger partial charge in [0.15, 0.2) is 0 Å². The number of hydrogen-bond acceptors (Lipinski definition) is 3. The van der Waals surface area contributed by atoms with Crippen LogP contribution in [0.4, 0.5) is 16.2 Å². The molecule has 86 valence electrons. The van der Waals surface area contributed by atoms with Gasteiger partial charge in [-0.3, -0.25) is 10.0 Å². The number of rotatable bonds is 2. The Balaban J connectivity index is 2.64. The SMILES string of the molecule is CC(=O)Nc1ccc(NC(=O)N(C)O)cc1. The molecule has 0 spiro atoms. The monoisotopic (exact) mass is 223 g/mol. The van der Waals surface area contributed by atoms with Crippen molar-refractivity contribution in [3.8, 4) is 0 Å². The van der Waals surface area contributed by atoms with E-state index in [1.54, 1.807) is 24.3 Å². The maximum atomic E-state index is 11.1. The van der Waals surface area contributed by atoms with Crippen molar-refractivity contribution < 1.29 is 14.8 Å². The molecule has 1 rings (SSSR count). The van der Waals surface area contributed by atoms with Crippen molar-refractivity contribution in [2.75, 3.05) is 17.7 Å². The van der Waals surface area contributed by atoms with Crippen LogP contribution < -0.4 is 10.6 Å². The van der Waals surface area contributed by atoms with Crippen molar-refractivity contribution in [3.63, 3.8) is 0 Å². The summed E-state index contributed by atoms with van der Waals surface area (Å²) in [7, 11) is 1.22. The summed E-state index contributed by atoms with van der Waals surface area (Å²) >= 11 is 0. The summed E-state index contributed by atoms with van der Waals surface area (Å²) in [6.45, 7) is 1.41. The molecule has 0 radical (unpaired) electrons. The zero-order valence-electron chi connectivity index (χ0n) is 9.02. The van der Waals surface area contributed by atoms with Crippen LogP contribution in [0.25, 0.3) is 0 Å². The molecule has 0 unspecified atom stereocenters. The van der Waals surface area contributed by atoms with Gasteiger partial charge in [-0.2, -0.15) is 0 Å². The first-order chi connectivity index (χ1) is 7.49. The second-order valence-corrected chi connectivity index (χ2v) is 3.21. The number of anilines is 2. The van der Waals surface area contributed by atoms with E-state index in [1.165, 1.54) is 14.0 Å². The van der Waals surface area contributed by atoms with Gasteiger partial charge in [-0.15, -0.1) is 0 Å². The summed E-state index contributed by atoms with van der Waals surface area (Å²) in [6, 6.07) is 5.90. The van der Waals surface area contributed by atoms with Gasteiger partial charge < -0.3 is 10.6 Å². The Morgan fingerprint density at radius 1 is 1.12 bits per heavy atom. The van der Waals surface area contributed by atoms with Gasteiger partial charge in [0.25, 0.3) is 0 Å². The number of nitrogens with one attached hydrogen (secondary N) is 2. The van der Waals surface area contributed by atoms with Gasteiger partial charge in [-0.1, -0.05) is 0 Å². The van der Waals surface area contributed by atoms with Crippen LogP contribution in [-0.2, 0) is 4.79 Å². The lowest BCUT2D eigenvalue weighted by molar-refractivity contribution is -0.114. The van der Waals surface area contributed by atoms with Gasteiger partial charge in [0.1, 0.15) is 0 Å². The van der Waals surface area contributed by atoms with Crippen molar-refractivity contribution >= 4 is 23.3 Å². The van der Waals surface area contributed by atoms with Crippen LogP contribution in [-0.4, -0.2) is 29.3 Å². The number of hydrogen-bond donors (Lipinski definition) is 3. The van der Waals surface area contributed by atoms with Crippen LogP contribution in [0.15, 0.2) is 24.3 Å². The molecule has 0 saturated carbocycles. The van der Waals surface area contributed by atoms with Crippen molar-refractivity contribution in [2.45, 2.75) is 6.92 Å². The highest BCUT2D eigenvalue weighted by Crippen LogP contribution is 2.13. The van der Waals surface area contributed by atoms with Crippen molar-refractivity contribution in [3.05, 3.63) is 24.3 Å². The molecule has 0 heterocycles. The van der Waals surface area contributed by atoms with Crippen LogP contribution in [0.2, 0.25) is 0 Å². The largest absolute Gasteiger partial charge is 0.345 e. The third-order valence-electron chi connectivity index (χ3n) is 1.75. The topological polar surface area (TPSA) is 81.7 Å². The predicted octanol–water partition coefficient (Wildman–Crippen LogP) is 1.50. The van der Waals surface area contributed by atoms with Gasteiger partial charge in [0, 0.05) is 25.3 Å². The Bertz CT molecular complexity index is 387. The average Bonchev–Trinajstić information content (AvgIpc) is 2.20. The molecule has 1 aromatic carbocycles. The summed E-state index contributed by atoms with van der Waals surface area (Å²) in [5, 5.41) is 14.3. The third-order valence-corrected chi connectivity index (χ3v) is 1.75. The number of amides is 3. The Kier molecular flexibility index (Phi) is 3.84. The molecule has 6 nitrogen and oxygen atoms in total. The summed E-state index contributed by atoms with van der Waals surface area (Å²) in [6.07, 6.45) is 0.